The minimum atomic E-state index is 0.610. The van der Waals surface area contributed by atoms with Crippen molar-refractivity contribution in [3.8, 4) is 11.8 Å². The molecule has 0 amide bonds. The smallest absolute Gasteiger partial charge is 0.137 e. The van der Waals surface area contributed by atoms with Crippen molar-refractivity contribution in [3.05, 3.63) is 51.7 Å². The molecule has 1 aliphatic heterocycles. The summed E-state index contributed by atoms with van der Waals surface area (Å²) in [7, 11) is 0. The summed E-state index contributed by atoms with van der Waals surface area (Å²) in [4.78, 5) is 4.03. The Morgan fingerprint density at radius 2 is 2.19 bits per heavy atom. The van der Waals surface area contributed by atoms with E-state index in [1.54, 1.807) is 10.9 Å². The van der Waals surface area contributed by atoms with Crippen molar-refractivity contribution in [2.24, 2.45) is 0 Å². The van der Waals surface area contributed by atoms with E-state index < -0.39 is 0 Å². The van der Waals surface area contributed by atoms with Gasteiger partial charge in [0.05, 0.1) is 12.2 Å². The maximum absolute atomic E-state index is 9.01. The average Bonchev–Trinajstić information content (AvgIpc) is 2.99. The Morgan fingerprint density at radius 1 is 1.29 bits per heavy atom. The molecule has 4 heteroatoms. The predicted molar refractivity (Wildman–Crippen MR) is 84.6 cm³/mol. The van der Waals surface area contributed by atoms with Crippen LogP contribution in [-0.2, 0) is 13.0 Å². The fourth-order valence-corrected chi connectivity index (χ4v) is 3.54. The van der Waals surface area contributed by atoms with E-state index in [0.29, 0.717) is 17.9 Å². The molecule has 0 saturated heterocycles. The van der Waals surface area contributed by atoms with Crippen molar-refractivity contribution < 1.29 is 4.74 Å². The summed E-state index contributed by atoms with van der Waals surface area (Å²) in [5.74, 6) is 0.693. The molecule has 0 radical (unpaired) electrons. The van der Waals surface area contributed by atoms with Crippen LogP contribution in [0.5, 0.6) is 5.75 Å². The summed E-state index contributed by atoms with van der Waals surface area (Å²) in [6.07, 6.45) is 2.16. The van der Waals surface area contributed by atoms with Gasteiger partial charge in [-0.3, -0.25) is 4.90 Å². The molecule has 0 spiro atoms. The lowest BCUT2D eigenvalue weighted by Crippen LogP contribution is -2.31. The van der Waals surface area contributed by atoms with Crippen LogP contribution in [0.2, 0.25) is 0 Å². The molecule has 0 atom stereocenters. The summed E-state index contributed by atoms with van der Waals surface area (Å²) in [6.45, 7) is 3.91. The van der Waals surface area contributed by atoms with E-state index in [-0.39, 0.29) is 0 Å². The first-order chi connectivity index (χ1) is 10.4. The third kappa shape index (κ3) is 3.44. The number of nitriles is 1. The van der Waals surface area contributed by atoms with E-state index in [0.717, 1.165) is 26.1 Å². The topological polar surface area (TPSA) is 36.3 Å². The van der Waals surface area contributed by atoms with Crippen LogP contribution in [-0.4, -0.2) is 24.6 Å². The second kappa shape index (κ2) is 6.75. The Labute approximate surface area is 129 Å². The minimum absolute atomic E-state index is 0.610. The van der Waals surface area contributed by atoms with Crippen molar-refractivity contribution >= 4 is 11.3 Å². The third-order valence-corrected chi connectivity index (χ3v) is 4.79. The zero-order valence-corrected chi connectivity index (χ0v) is 12.7. The van der Waals surface area contributed by atoms with Gasteiger partial charge in [0, 0.05) is 24.5 Å². The van der Waals surface area contributed by atoms with E-state index >= 15 is 0 Å². The van der Waals surface area contributed by atoms with Crippen molar-refractivity contribution in [2.75, 3.05) is 19.7 Å². The molecular formula is C17H18N2OS. The second-order valence-corrected chi connectivity index (χ2v) is 6.21. The number of thiophene rings is 1. The van der Waals surface area contributed by atoms with Gasteiger partial charge in [0.25, 0.3) is 0 Å². The highest BCUT2D eigenvalue weighted by Gasteiger charge is 2.16. The van der Waals surface area contributed by atoms with Gasteiger partial charge in [-0.2, -0.15) is 5.26 Å². The maximum Gasteiger partial charge on any atom is 0.137 e. The number of benzene rings is 1. The molecular weight excluding hydrogens is 280 g/mol. The Hall–Kier alpha value is -1.83. The molecule has 1 aromatic heterocycles. The normalized spacial score (nSPS) is 14.4. The van der Waals surface area contributed by atoms with Crippen molar-refractivity contribution in [3.63, 3.8) is 0 Å². The number of hydrogen-bond donors (Lipinski definition) is 0. The molecule has 1 aliphatic rings. The molecule has 2 heterocycles. The van der Waals surface area contributed by atoms with Gasteiger partial charge in [-0.05, 0) is 42.0 Å². The predicted octanol–water partition coefficient (Wildman–Crippen LogP) is 3.45. The molecule has 3 rings (SSSR count). The monoisotopic (exact) mass is 298 g/mol. The number of rotatable bonds is 5. The zero-order chi connectivity index (χ0) is 14.5. The van der Waals surface area contributed by atoms with Crippen LogP contribution in [0.4, 0.5) is 0 Å². The highest BCUT2D eigenvalue weighted by Crippen LogP contribution is 2.24. The summed E-state index contributed by atoms with van der Waals surface area (Å²) in [5, 5.41) is 11.2. The number of nitrogens with zero attached hydrogens (tertiary/aromatic N) is 2. The molecule has 0 unspecified atom stereocenters. The fourth-order valence-electron chi connectivity index (χ4n) is 2.65. The number of hydrogen-bond acceptors (Lipinski definition) is 4. The average molecular weight is 298 g/mol. The molecule has 0 fully saturated rings. The largest absolute Gasteiger partial charge is 0.492 e. The maximum atomic E-state index is 9.01. The first-order valence-electron chi connectivity index (χ1n) is 7.26. The quantitative estimate of drug-likeness (QED) is 0.793. The van der Waals surface area contributed by atoms with Gasteiger partial charge in [0.15, 0.2) is 0 Å². The van der Waals surface area contributed by atoms with E-state index in [1.165, 1.54) is 12.0 Å². The zero-order valence-electron chi connectivity index (χ0n) is 11.9. The lowest BCUT2D eigenvalue weighted by atomic mass is 10.1. The molecule has 0 saturated carbocycles. The van der Waals surface area contributed by atoms with Gasteiger partial charge in [0.1, 0.15) is 11.8 Å². The Balaban J connectivity index is 1.44. The van der Waals surface area contributed by atoms with Crippen LogP contribution in [0.15, 0.2) is 35.7 Å². The SMILES string of the molecule is N#Cc1ccccc1OCCCN1CCc2sccc2C1. The van der Waals surface area contributed by atoms with E-state index in [4.69, 9.17) is 10.00 Å². The van der Waals surface area contributed by atoms with Crippen molar-refractivity contribution in [1.29, 1.82) is 5.26 Å². The van der Waals surface area contributed by atoms with Crippen LogP contribution in [0.25, 0.3) is 0 Å². The Bertz CT molecular complexity index is 644. The summed E-state index contributed by atoms with van der Waals surface area (Å²) in [6, 6.07) is 11.8. The highest BCUT2D eigenvalue weighted by atomic mass is 32.1. The van der Waals surface area contributed by atoms with Crippen LogP contribution in [0.3, 0.4) is 0 Å². The molecule has 1 aromatic carbocycles. The Morgan fingerprint density at radius 3 is 3.10 bits per heavy atom. The molecule has 2 aromatic rings. The van der Waals surface area contributed by atoms with Gasteiger partial charge >= 0.3 is 0 Å². The number of fused-ring (bicyclic) bond motifs is 1. The van der Waals surface area contributed by atoms with Crippen LogP contribution >= 0.6 is 11.3 Å². The van der Waals surface area contributed by atoms with Crippen LogP contribution < -0.4 is 4.74 Å². The number of ether oxygens (including phenoxy) is 1. The molecule has 0 aliphatic carbocycles. The molecule has 0 bridgehead atoms. The van der Waals surface area contributed by atoms with Gasteiger partial charge < -0.3 is 4.74 Å². The van der Waals surface area contributed by atoms with E-state index in [1.807, 2.05) is 29.5 Å². The van der Waals surface area contributed by atoms with Gasteiger partial charge in [-0.1, -0.05) is 12.1 Å². The van der Waals surface area contributed by atoms with Gasteiger partial charge in [0.2, 0.25) is 0 Å². The highest BCUT2D eigenvalue weighted by molar-refractivity contribution is 7.10. The standard InChI is InChI=1S/C17H18N2OS/c18-12-14-4-1-2-5-16(14)20-10-3-8-19-9-6-17-15(13-19)7-11-21-17/h1-2,4-5,7,11H,3,6,8-10,13H2. The van der Waals surface area contributed by atoms with E-state index in [2.05, 4.69) is 22.4 Å². The first-order valence-corrected chi connectivity index (χ1v) is 8.14. The second-order valence-electron chi connectivity index (χ2n) is 5.21. The fraction of sp³-hybridized carbons (Fsp3) is 0.353. The summed E-state index contributed by atoms with van der Waals surface area (Å²) in [5.41, 5.74) is 2.10. The Kier molecular flexibility index (Phi) is 4.54. The number of para-hydroxylation sites is 1. The summed E-state index contributed by atoms with van der Waals surface area (Å²) < 4.78 is 5.73. The lowest BCUT2D eigenvalue weighted by molar-refractivity contribution is 0.222. The molecule has 21 heavy (non-hydrogen) atoms. The summed E-state index contributed by atoms with van der Waals surface area (Å²) >= 11 is 1.88. The first kappa shape index (κ1) is 14.1. The van der Waals surface area contributed by atoms with E-state index in [9.17, 15) is 0 Å². The molecule has 3 nitrogen and oxygen atoms in total. The van der Waals surface area contributed by atoms with Crippen LogP contribution in [0, 0.1) is 11.3 Å². The van der Waals surface area contributed by atoms with Gasteiger partial charge in [-0.25, -0.2) is 0 Å². The minimum Gasteiger partial charge on any atom is -0.492 e. The molecule has 108 valence electrons. The third-order valence-electron chi connectivity index (χ3n) is 3.77. The lowest BCUT2D eigenvalue weighted by Gasteiger charge is -2.26. The van der Waals surface area contributed by atoms with Crippen molar-refractivity contribution in [1.82, 2.24) is 4.90 Å². The van der Waals surface area contributed by atoms with Gasteiger partial charge in [-0.15, -0.1) is 11.3 Å². The van der Waals surface area contributed by atoms with Crippen molar-refractivity contribution in [2.45, 2.75) is 19.4 Å². The molecule has 0 N–H and O–H groups in total. The van der Waals surface area contributed by atoms with Crippen LogP contribution in [0.1, 0.15) is 22.4 Å².